The Kier molecular flexibility index (Phi) is 5.20. The highest BCUT2D eigenvalue weighted by molar-refractivity contribution is 9.10. The van der Waals surface area contributed by atoms with Crippen LogP contribution < -0.4 is 15.2 Å². The third-order valence-electron chi connectivity index (χ3n) is 3.08. The Hall–Kier alpha value is -1.59. The summed E-state index contributed by atoms with van der Waals surface area (Å²) >= 11 is 3.40. The molecule has 0 aliphatic carbocycles. The standard InChI is InChI=1S/C16H17BrFNO2/c1-10(19)13-5-4-12(17)8-16(13)21-9-11-3-6-15(20-2)14(18)7-11/h3-8,10H,9,19H2,1-2H3/t10-/m1/s1. The Morgan fingerprint density at radius 3 is 2.57 bits per heavy atom. The quantitative estimate of drug-likeness (QED) is 0.876. The fourth-order valence-corrected chi connectivity index (χ4v) is 2.31. The van der Waals surface area contributed by atoms with Crippen molar-refractivity contribution in [3.63, 3.8) is 0 Å². The zero-order valence-corrected chi connectivity index (χ0v) is 13.5. The molecule has 2 aromatic rings. The van der Waals surface area contributed by atoms with Gasteiger partial charge in [-0.25, -0.2) is 4.39 Å². The number of hydrogen-bond donors (Lipinski definition) is 1. The molecule has 0 spiro atoms. The maximum atomic E-state index is 13.6. The fraction of sp³-hybridized carbons (Fsp3) is 0.250. The summed E-state index contributed by atoms with van der Waals surface area (Å²) in [4.78, 5) is 0. The van der Waals surface area contributed by atoms with E-state index in [1.54, 1.807) is 12.1 Å². The van der Waals surface area contributed by atoms with E-state index in [1.807, 2.05) is 25.1 Å². The maximum Gasteiger partial charge on any atom is 0.165 e. The number of methoxy groups -OCH3 is 1. The molecule has 0 aliphatic rings. The minimum absolute atomic E-state index is 0.138. The van der Waals surface area contributed by atoms with E-state index < -0.39 is 5.82 Å². The third-order valence-corrected chi connectivity index (χ3v) is 3.57. The molecule has 21 heavy (non-hydrogen) atoms. The molecule has 2 N–H and O–H groups in total. The third kappa shape index (κ3) is 3.95. The molecular formula is C16H17BrFNO2. The lowest BCUT2D eigenvalue weighted by Crippen LogP contribution is -2.08. The van der Waals surface area contributed by atoms with Gasteiger partial charge in [0.15, 0.2) is 11.6 Å². The summed E-state index contributed by atoms with van der Waals surface area (Å²) in [6, 6.07) is 10.3. The van der Waals surface area contributed by atoms with Crippen molar-refractivity contribution < 1.29 is 13.9 Å². The second-order valence-corrected chi connectivity index (χ2v) is 5.64. The minimum Gasteiger partial charge on any atom is -0.494 e. The van der Waals surface area contributed by atoms with E-state index in [2.05, 4.69) is 15.9 Å². The summed E-state index contributed by atoms with van der Waals surface area (Å²) in [6.07, 6.45) is 0. The van der Waals surface area contributed by atoms with E-state index in [-0.39, 0.29) is 18.4 Å². The minimum atomic E-state index is -0.403. The molecule has 0 fully saturated rings. The Bertz CT molecular complexity index is 632. The molecule has 0 aliphatic heterocycles. The van der Waals surface area contributed by atoms with Crippen LogP contribution in [0.4, 0.5) is 4.39 Å². The van der Waals surface area contributed by atoms with E-state index in [4.69, 9.17) is 15.2 Å². The van der Waals surface area contributed by atoms with Gasteiger partial charge in [-0.2, -0.15) is 0 Å². The van der Waals surface area contributed by atoms with Crippen molar-refractivity contribution in [1.29, 1.82) is 0 Å². The lowest BCUT2D eigenvalue weighted by Gasteiger charge is -2.15. The van der Waals surface area contributed by atoms with Crippen LogP contribution in [0.3, 0.4) is 0 Å². The van der Waals surface area contributed by atoms with Crippen LogP contribution in [0.2, 0.25) is 0 Å². The topological polar surface area (TPSA) is 44.5 Å². The number of nitrogens with two attached hydrogens (primary N) is 1. The van der Waals surface area contributed by atoms with Gasteiger partial charge in [0.25, 0.3) is 0 Å². The van der Waals surface area contributed by atoms with Crippen LogP contribution in [0.15, 0.2) is 40.9 Å². The van der Waals surface area contributed by atoms with E-state index in [1.165, 1.54) is 13.2 Å². The molecule has 0 bridgehead atoms. The molecule has 0 amide bonds. The second kappa shape index (κ2) is 6.91. The average Bonchev–Trinajstić information content (AvgIpc) is 2.45. The summed E-state index contributed by atoms with van der Waals surface area (Å²) < 4.78 is 25.2. The Balaban J connectivity index is 2.16. The molecule has 2 aromatic carbocycles. The van der Waals surface area contributed by atoms with Gasteiger partial charge in [-0.3, -0.25) is 0 Å². The predicted molar refractivity (Wildman–Crippen MR) is 84.0 cm³/mol. The van der Waals surface area contributed by atoms with Gasteiger partial charge in [0, 0.05) is 16.1 Å². The molecule has 0 aromatic heterocycles. The van der Waals surface area contributed by atoms with Gasteiger partial charge >= 0.3 is 0 Å². The van der Waals surface area contributed by atoms with Gasteiger partial charge in [-0.05, 0) is 36.8 Å². The van der Waals surface area contributed by atoms with E-state index in [0.717, 1.165) is 15.6 Å². The summed E-state index contributed by atoms with van der Waals surface area (Å²) in [6.45, 7) is 2.15. The first kappa shape index (κ1) is 15.8. The van der Waals surface area contributed by atoms with Crippen LogP contribution in [-0.2, 0) is 6.61 Å². The number of benzene rings is 2. The number of rotatable bonds is 5. The van der Waals surface area contributed by atoms with Crippen molar-refractivity contribution in [2.45, 2.75) is 19.6 Å². The summed E-state index contributed by atoms with van der Waals surface area (Å²) in [5, 5.41) is 0. The van der Waals surface area contributed by atoms with Gasteiger partial charge in [0.1, 0.15) is 12.4 Å². The fourth-order valence-electron chi connectivity index (χ4n) is 1.97. The van der Waals surface area contributed by atoms with Crippen molar-refractivity contribution in [2.24, 2.45) is 5.73 Å². The molecular weight excluding hydrogens is 337 g/mol. The van der Waals surface area contributed by atoms with Gasteiger partial charge in [0.2, 0.25) is 0 Å². The van der Waals surface area contributed by atoms with Crippen molar-refractivity contribution >= 4 is 15.9 Å². The van der Waals surface area contributed by atoms with Crippen molar-refractivity contribution in [2.75, 3.05) is 7.11 Å². The van der Waals surface area contributed by atoms with Gasteiger partial charge < -0.3 is 15.2 Å². The van der Waals surface area contributed by atoms with Crippen LogP contribution in [0.25, 0.3) is 0 Å². The molecule has 112 valence electrons. The smallest absolute Gasteiger partial charge is 0.165 e. The monoisotopic (exact) mass is 353 g/mol. The second-order valence-electron chi connectivity index (χ2n) is 4.73. The summed E-state index contributed by atoms with van der Waals surface area (Å²) in [7, 11) is 1.44. The largest absolute Gasteiger partial charge is 0.494 e. The normalized spacial score (nSPS) is 12.0. The molecule has 0 unspecified atom stereocenters. The highest BCUT2D eigenvalue weighted by Crippen LogP contribution is 2.28. The van der Waals surface area contributed by atoms with Gasteiger partial charge in [-0.1, -0.05) is 28.1 Å². The van der Waals surface area contributed by atoms with Crippen molar-refractivity contribution in [3.05, 3.63) is 57.8 Å². The predicted octanol–water partition coefficient (Wildman–Crippen LogP) is 4.20. The van der Waals surface area contributed by atoms with Crippen LogP contribution in [-0.4, -0.2) is 7.11 Å². The summed E-state index contributed by atoms with van der Waals surface area (Å²) in [5.74, 6) is 0.508. The van der Waals surface area contributed by atoms with E-state index in [0.29, 0.717) is 5.75 Å². The molecule has 0 saturated heterocycles. The van der Waals surface area contributed by atoms with Gasteiger partial charge in [0.05, 0.1) is 7.11 Å². The Morgan fingerprint density at radius 1 is 1.19 bits per heavy atom. The summed E-state index contributed by atoms with van der Waals surface area (Å²) in [5.41, 5.74) is 7.56. The zero-order chi connectivity index (χ0) is 15.4. The Morgan fingerprint density at radius 2 is 1.95 bits per heavy atom. The first-order valence-corrected chi connectivity index (χ1v) is 7.31. The molecule has 1 atom stereocenters. The maximum absolute atomic E-state index is 13.6. The number of halogens is 2. The van der Waals surface area contributed by atoms with E-state index >= 15 is 0 Å². The van der Waals surface area contributed by atoms with Crippen LogP contribution in [0.1, 0.15) is 24.1 Å². The molecule has 0 saturated carbocycles. The van der Waals surface area contributed by atoms with Crippen LogP contribution in [0, 0.1) is 5.82 Å². The SMILES string of the molecule is COc1ccc(COc2cc(Br)ccc2[C@@H](C)N)cc1F. The molecule has 0 heterocycles. The van der Waals surface area contributed by atoms with Gasteiger partial charge in [-0.15, -0.1) is 0 Å². The molecule has 0 radical (unpaired) electrons. The Labute approximate surface area is 132 Å². The lowest BCUT2D eigenvalue weighted by atomic mass is 10.1. The van der Waals surface area contributed by atoms with Crippen LogP contribution >= 0.6 is 15.9 Å². The number of ether oxygens (including phenoxy) is 2. The first-order valence-electron chi connectivity index (χ1n) is 6.51. The molecule has 2 rings (SSSR count). The van der Waals surface area contributed by atoms with Crippen molar-refractivity contribution in [3.8, 4) is 11.5 Å². The lowest BCUT2D eigenvalue weighted by molar-refractivity contribution is 0.300. The van der Waals surface area contributed by atoms with E-state index in [9.17, 15) is 4.39 Å². The highest BCUT2D eigenvalue weighted by Gasteiger charge is 2.10. The van der Waals surface area contributed by atoms with Crippen molar-refractivity contribution in [1.82, 2.24) is 0 Å². The number of hydrogen-bond acceptors (Lipinski definition) is 3. The molecule has 3 nitrogen and oxygen atoms in total. The average molecular weight is 354 g/mol. The van der Waals surface area contributed by atoms with Crippen LogP contribution in [0.5, 0.6) is 11.5 Å². The molecule has 5 heteroatoms. The zero-order valence-electron chi connectivity index (χ0n) is 11.9. The first-order chi connectivity index (χ1) is 10.0. The highest BCUT2D eigenvalue weighted by atomic mass is 79.9.